The van der Waals surface area contributed by atoms with Crippen LogP contribution < -0.4 is 0 Å². The summed E-state index contributed by atoms with van der Waals surface area (Å²) in [5, 5.41) is 4.17. The molecule has 0 bridgehead atoms. The maximum atomic E-state index is 6.21. The van der Waals surface area contributed by atoms with Gasteiger partial charge in [0.25, 0.3) is 0 Å². The van der Waals surface area contributed by atoms with Crippen LogP contribution in [0.25, 0.3) is 21.0 Å². The number of rotatable bonds is 0. The largest absolute Gasteiger partial charge is 0.241 e. The Morgan fingerprint density at radius 1 is 1.20 bits per heavy atom. The number of aromatic nitrogens is 1. The highest BCUT2D eigenvalue weighted by atomic mass is 35.5. The fourth-order valence-corrected chi connectivity index (χ4v) is 3.03. The third-order valence-corrected chi connectivity index (χ3v) is 3.79. The summed E-state index contributed by atoms with van der Waals surface area (Å²) in [6.45, 7) is 2.02. The molecule has 0 aliphatic carbocycles. The smallest absolute Gasteiger partial charge is 0.0908 e. The molecule has 0 spiro atoms. The van der Waals surface area contributed by atoms with Crippen LogP contribution in [-0.2, 0) is 0 Å². The molecule has 0 saturated carbocycles. The van der Waals surface area contributed by atoms with Gasteiger partial charge in [-0.25, -0.2) is 4.98 Å². The number of hydrogen-bond acceptors (Lipinski definition) is 2. The molecule has 0 amide bonds. The molecule has 74 valence electrons. The predicted octanol–water partition coefficient (Wildman–Crippen LogP) is 4.41. The van der Waals surface area contributed by atoms with E-state index < -0.39 is 0 Å². The molecule has 0 fully saturated rings. The van der Waals surface area contributed by atoms with Crippen molar-refractivity contribution in [1.29, 1.82) is 0 Å². The van der Waals surface area contributed by atoms with Crippen LogP contribution in [0.3, 0.4) is 0 Å². The van der Waals surface area contributed by atoms with E-state index >= 15 is 0 Å². The Bertz CT molecular complexity index is 657. The fourth-order valence-electron chi connectivity index (χ4n) is 1.82. The SMILES string of the molecule is Cc1nc2cc(Cl)c3ccccc3c2s1. The summed E-state index contributed by atoms with van der Waals surface area (Å²) >= 11 is 7.93. The topological polar surface area (TPSA) is 12.9 Å². The summed E-state index contributed by atoms with van der Waals surface area (Å²) in [7, 11) is 0. The average molecular weight is 234 g/mol. The molecule has 1 heterocycles. The number of halogens is 1. The van der Waals surface area contributed by atoms with Gasteiger partial charge >= 0.3 is 0 Å². The van der Waals surface area contributed by atoms with Gasteiger partial charge in [-0.1, -0.05) is 35.9 Å². The Morgan fingerprint density at radius 2 is 1.93 bits per heavy atom. The molecule has 0 saturated heterocycles. The van der Waals surface area contributed by atoms with Gasteiger partial charge in [-0.05, 0) is 13.0 Å². The molecule has 2 aromatic carbocycles. The Morgan fingerprint density at radius 3 is 2.73 bits per heavy atom. The molecule has 0 radical (unpaired) electrons. The van der Waals surface area contributed by atoms with Gasteiger partial charge in [0.2, 0.25) is 0 Å². The Kier molecular flexibility index (Phi) is 1.94. The summed E-state index contributed by atoms with van der Waals surface area (Å²) in [5.74, 6) is 0. The lowest BCUT2D eigenvalue weighted by molar-refractivity contribution is 1.35. The van der Waals surface area contributed by atoms with Crippen molar-refractivity contribution in [1.82, 2.24) is 4.98 Å². The van der Waals surface area contributed by atoms with Crippen molar-refractivity contribution in [2.75, 3.05) is 0 Å². The van der Waals surface area contributed by atoms with Crippen molar-refractivity contribution in [2.24, 2.45) is 0 Å². The highest BCUT2D eigenvalue weighted by Crippen LogP contribution is 2.34. The van der Waals surface area contributed by atoms with Crippen molar-refractivity contribution in [3.05, 3.63) is 40.4 Å². The molecule has 15 heavy (non-hydrogen) atoms. The molecule has 0 atom stereocenters. The van der Waals surface area contributed by atoms with Crippen LogP contribution in [0, 0.1) is 6.92 Å². The zero-order valence-electron chi connectivity index (χ0n) is 8.12. The van der Waals surface area contributed by atoms with E-state index in [0.29, 0.717) is 0 Å². The minimum atomic E-state index is 0.781. The van der Waals surface area contributed by atoms with Crippen molar-refractivity contribution < 1.29 is 0 Å². The van der Waals surface area contributed by atoms with Gasteiger partial charge in [0, 0.05) is 10.8 Å². The normalized spacial score (nSPS) is 11.3. The van der Waals surface area contributed by atoms with E-state index in [4.69, 9.17) is 11.6 Å². The molecule has 1 aromatic heterocycles. The fraction of sp³-hybridized carbons (Fsp3) is 0.0833. The van der Waals surface area contributed by atoms with Crippen LogP contribution in [0.2, 0.25) is 5.02 Å². The summed E-state index contributed by atoms with van der Waals surface area (Å²) in [4.78, 5) is 4.46. The second-order valence-corrected chi connectivity index (χ2v) is 5.10. The highest BCUT2D eigenvalue weighted by Gasteiger charge is 2.07. The van der Waals surface area contributed by atoms with E-state index in [1.807, 2.05) is 31.2 Å². The molecular weight excluding hydrogens is 226 g/mol. The van der Waals surface area contributed by atoms with E-state index in [-0.39, 0.29) is 0 Å². The number of aryl methyl sites for hydroxylation is 1. The molecule has 0 aliphatic heterocycles. The van der Waals surface area contributed by atoms with Gasteiger partial charge in [0.1, 0.15) is 0 Å². The Labute approximate surface area is 96.3 Å². The van der Waals surface area contributed by atoms with Gasteiger partial charge in [-0.3, -0.25) is 0 Å². The lowest BCUT2D eigenvalue weighted by Gasteiger charge is -2.00. The van der Waals surface area contributed by atoms with Crippen LogP contribution in [-0.4, -0.2) is 4.98 Å². The molecule has 3 heteroatoms. The number of fused-ring (bicyclic) bond motifs is 3. The van der Waals surface area contributed by atoms with Crippen LogP contribution >= 0.6 is 22.9 Å². The van der Waals surface area contributed by atoms with Crippen molar-refractivity contribution >= 4 is 43.9 Å². The van der Waals surface area contributed by atoms with Crippen molar-refractivity contribution in [3.8, 4) is 0 Å². The van der Waals surface area contributed by atoms with Gasteiger partial charge in [-0.2, -0.15) is 0 Å². The Hall–Kier alpha value is -1.12. The molecule has 0 unspecified atom stereocenters. The standard InChI is InChI=1S/C12H8ClNS/c1-7-14-11-6-10(13)8-4-2-3-5-9(8)12(11)15-7/h2-6H,1H3. The van der Waals surface area contributed by atoms with Gasteiger partial charge in [0.15, 0.2) is 0 Å². The third kappa shape index (κ3) is 1.33. The minimum Gasteiger partial charge on any atom is -0.241 e. The highest BCUT2D eigenvalue weighted by molar-refractivity contribution is 7.19. The first kappa shape index (κ1) is 9.13. The van der Waals surface area contributed by atoms with Crippen molar-refractivity contribution in [3.63, 3.8) is 0 Å². The Balaban J connectivity index is 2.62. The molecule has 3 rings (SSSR count). The van der Waals surface area contributed by atoms with E-state index in [2.05, 4.69) is 11.1 Å². The molecule has 1 nitrogen and oxygen atoms in total. The monoisotopic (exact) mass is 233 g/mol. The van der Waals surface area contributed by atoms with E-state index in [1.54, 1.807) is 11.3 Å². The van der Waals surface area contributed by atoms with Crippen LogP contribution in [0.4, 0.5) is 0 Å². The van der Waals surface area contributed by atoms with E-state index in [9.17, 15) is 0 Å². The van der Waals surface area contributed by atoms with Gasteiger partial charge in [0.05, 0.1) is 20.2 Å². The number of nitrogens with zero attached hydrogens (tertiary/aromatic N) is 1. The maximum absolute atomic E-state index is 6.21. The van der Waals surface area contributed by atoms with E-state index in [1.165, 1.54) is 10.1 Å². The molecule has 3 aromatic rings. The van der Waals surface area contributed by atoms with E-state index in [0.717, 1.165) is 20.9 Å². The molecular formula is C12H8ClNS. The predicted molar refractivity (Wildman–Crippen MR) is 66.9 cm³/mol. The van der Waals surface area contributed by atoms with Crippen LogP contribution in [0.15, 0.2) is 30.3 Å². The maximum Gasteiger partial charge on any atom is 0.0908 e. The molecule has 0 aliphatic rings. The second-order valence-electron chi connectivity index (χ2n) is 3.49. The molecule has 0 N–H and O–H groups in total. The summed E-state index contributed by atoms with van der Waals surface area (Å²) in [5.41, 5.74) is 1.00. The summed E-state index contributed by atoms with van der Waals surface area (Å²) in [6, 6.07) is 10.1. The quantitative estimate of drug-likeness (QED) is 0.561. The van der Waals surface area contributed by atoms with Gasteiger partial charge < -0.3 is 0 Å². The third-order valence-electron chi connectivity index (χ3n) is 2.45. The zero-order valence-corrected chi connectivity index (χ0v) is 9.69. The average Bonchev–Trinajstić information content (AvgIpc) is 2.59. The van der Waals surface area contributed by atoms with Gasteiger partial charge in [-0.15, -0.1) is 11.3 Å². The first-order valence-corrected chi connectivity index (χ1v) is 5.89. The van der Waals surface area contributed by atoms with Crippen molar-refractivity contribution in [2.45, 2.75) is 6.92 Å². The van der Waals surface area contributed by atoms with Crippen LogP contribution in [0.5, 0.6) is 0 Å². The summed E-state index contributed by atoms with van der Waals surface area (Å²) in [6.07, 6.45) is 0. The number of thiazole rings is 1. The number of hydrogen-bond donors (Lipinski definition) is 0. The van der Waals surface area contributed by atoms with Crippen LogP contribution in [0.1, 0.15) is 5.01 Å². The first-order chi connectivity index (χ1) is 7.25. The second kappa shape index (κ2) is 3.19. The lowest BCUT2D eigenvalue weighted by atomic mass is 10.1. The zero-order chi connectivity index (χ0) is 10.4. The minimum absolute atomic E-state index is 0.781. The lowest BCUT2D eigenvalue weighted by Crippen LogP contribution is -1.75. The first-order valence-electron chi connectivity index (χ1n) is 4.70. The number of benzene rings is 2. The summed E-state index contributed by atoms with van der Waals surface area (Å²) < 4.78 is 1.23.